The van der Waals surface area contributed by atoms with Crippen molar-refractivity contribution in [2.45, 2.75) is 25.0 Å². The lowest BCUT2D eigenvalue weighted by Crippen LogP contribution is -2.40. The number of likely N-dealkylation sites (tertiary alicyclic amines) is 1. The third-order valence-corrected chi connectivity index (χ3v) is 5.16. The van der Waals surface area contributed by atoms with Crippen LogP contribution in [0.2, 0.25) is 0 Å². The van der Waals surface area contributed by atoms with Crippen molar-refractivity contribution in [1.82, 2.24) is 15.1 Å². The number of amides is 1. The zero-order valence-corrected chi connectivity index (χ0v) is 15.3. The van der Waals surface area contributed by atoms with Crippen LogP contribution in [0.1, 0.15) is 19.8 Å². The van der Waals surface area contributed by atoms with Gasteiger partial charge in [0.15, 0.2) is 0 Å². The first-order valence-electron chi connectivity index (χ1n) is 7.62. The molecule has 0 radical (unpaired) electrons. The van der Waals surface area contributed by atoms with E-state index in [2.05, 4.69) is 33.1 Å². The Balaban J connectivity index is 1.56. The van der Waals surface area contributed by atoms with E-state index >= 15 is 0 Å². The molecule has 2 heterocycles. The maximum absolute atomic E-state index is 12.2. The molecule has 0 spiro atoms. The largest absolute Gasteiger partial charge is 0.411 e. The van der Waals surface area contributed by atoms with Gasteiger partial charge < -0.3 is 9.32 Å². The van der Waals surface area contributed by atoms with Gasteiger partial charge in [-0.15, -0.1) is 10.2 Å². The van der Waals surface area contributed by atoms with Crippen LogP contribution >= 0.6 is 27.7 Å². The molecule has 0 aliphatic carbocycles. The Morgan fingerprint density at radius 2 is 2.17 bits per heavy atom. The fraction of sp³-hybridized carbons (Fsp3) is 0.438. The number of nitrogens with zero attached hydrogens (tertiary/aromatic N) is 3. The molecular weight excluding hydrogens is 378 g/mol. The number of piperidine rings is 1. The Bertz CT molecular complexity index is 674. The smallest absolute Gasteiger partial charge is 0.277 e. The highest BCUT2D eigenvalue weighted by atomic mass is 79.9. The molecule has 1 saturated heterocycles. The molecule has 122 valence electrons. The average molecular weight is 396 g/mol. The van der Waals surface area contributed by atoms with E-state index in [9.17, 15) is 4.79 Å². The van der Waals surface area contributed by atoms with Gasteiger partial charge in [-0.1, -0.05) is 34.6 Å². The summed E-state index contributed by atoms with van der Waals surface area (Å²) >= 11 is 4.69. The summed E-state index contributed by atoms with van der Waals surface area (Å²) in [5.41, 5.74) is 0.865. The van der Waals surface area contributed by atoms with Crippen LogP contribution in [0, 0.1) is 5.92 Å². The Labute approximate surface area is 148 Å². The molecule has 23 heavy (non-hydrogen) atoms. The molecule has 1 aliphatic rings. The van der Waals surface area contributed by atoms with Gasteiger partial charge in [0.1, 0.15) is 0 Å². The molecule has 7 heteroatoms. The van der Waals surface area contributed by atoms with Gasteiger partial charge in [0.2, 0.25) is 11.8 Å². The summed E-state index contributed by atoms with van der Waals surface area (Å²) < 4.78 is 6.62. The third kappa shape index (κ3) is 4.35. The van der Waals surface area contributed by atoms with E-state index in [1.165, 1.54) is 18.2 Å². The number of benzene rings is 1. The zero-order chi connectivity index (χ0) is 16.2. The van der Waals surface area contributed by atoms with Gasteiger partial charge >= 0.3 is 0 Å². The molecule has 0 N–H and O–H groups in total. The molecule has 5 nitrogen and oxygen atoms in total. The summed E-state index contributed by atoms with van der Waals surface area (Å²) in [6.07, 6.45) is 2.29. The molecule has 1 aromatic carbocycles. The van der Waals surface area contributed by atoms with E-state index < -0.39 is 0 Å². The molecule has 0 bridgehead atoms. The maximum Gasteiger partial charge on any atom is 0.277 e. The van der Waals surface area contributed by atoms with Gasteiger partial charge in [-0.05, 0) is 43.0 Å². The number of halogens is 1. The molecular formula is C16H18BrN3O2S. The summed E-state index contributed by atoms with van der Waals surface area (Å²) in [6, 6.07) is 7.67. The highest BCUT2D eigenvalue weighted by Gasteiger charge is 2.21. The van der Waals surface area contributed by atoms with Crippen molar-refractivity contribution in [1.29, 1.82) is 0 Å². The van der Waals surface area contributed by atoms with E-state index in [-0.39, 0.29) is 5.91 Å². The first-order valence-corrected chi connectivity index (χ1v) is 9.39. The average Bonchev–Trinajstić information content (AvgIpc) is 3.02. The van der Waals surface area contributed by atoms with Crippen molar-refractivity contribution in [3.05, 3.63) is 28.7 Å². The second-order valence-corrected chi connectivity index (χ2v) is 7.60. The van der Waals surface area contributed by atoms with Crippen LogP contribution < -0.4 is 0 Å². The van der Waals surface area contributed by atoms with E-state index in [0.29, 0.717) is 22.8 Å². The van der Waals surface area contributed by atoms with Crippen LogP contribution in [0.3, 0.4) is 0 Å². The fourth-order valence-corrected chi connectivity index (χ4v) is 3.54. The number of carbonyl (C=O) groups excluding carboxylic acids is 1. The molecule has 3 rings (SSSR count). The minimum atomic E-state index is 0.143. The zero-order valence-electron chi connectivity index (χ0n) is 12.9. The standard InChI is InChI=1S/C16H18BrN3O2S/c1-11-3-2-8-20(9-11)14(21)10-23-16-19-18-15(22-16)12-4-6-13(17)7-5-12/h4-7,11H,2-3,8-10H2,1H3/t11-/m0/s1. The fourth-order valence-electron chi connectivity index (χ4n) is 2.61. The van der Waals surface area contributed by atoms with Gasteiger partial charge in [-0.25, -0.2) is 0 Å². The molecule has 1 aromatic heterocycles. The Hall–Kier alpha value is -1.34. The minimum Gasteiger partial charge on any atom is -0.411 e. The van der Waals surface area contributed by atoms with E-state index in [0.717, 1.165) is 29.5 Å². The second-order valence-electron chi connectivity index (χ2n) is 5.76. The molecule has 1 amide bonds. The van der Waals surface area contributed by atoms with Gasteiger partial charge in [-0.2, -0.15) is 0 Å². The SMILES string of the molecule is C[C@H]1CCCN(C(=O)CSc2nnc(-c3ccc(Br)cc3)o2)C1. The molecule has 1 fully saturated rings. The molecule has 2 aromatic rings. The highest BCUT2D eigenvalue weighted by Crippen LogP contribution is 2.25. The van der Waals surface area contributed by atoms with Crippen molar-refractivity contribution < 1.29 is 9.21 Å². The molecule has 0 unspecified atom stereocenters. The normalized spacial score (nSPS) is 18.2. The minimum absolute atomic E-state index is 0.143. The maximum atomic E-state index is 12.2. The first kappa shape index (κ1) is 16.5. The van der Waals surface area contributed by atoms with Gasteiger partial charge in [0, 0.05) is 23.1 Å². The number of hydrogen-bond donors (Lipinski definition) is 0. The Kier molecular flexibility index (Phi) is 5.38. The summed E-state index contributed by atoms with van der Waals surface area (Å²) in [7, 11) is 0. The van der Waals surface area contributed by atoms with Gasteiger partial charge in [-0.3, -0.25) is 4.79 Å². The summed E-state index contributed by atoms with van der Waals surface area (Å²) in [5, 5.41) is 8.48. The molecule has 1 aliphatic heterocycles. The monoisotopic (exact) mass is 395 g/mol. The van der Waals surface area contributed by atoms with Crippen LogP contribution in [0.25, 0.3) is 11.5 Å². The van der Waals surface area contributed by atoms with Crippen LogP contribution in [0.4, 0.5) is 0 Å². The summed E-state index contributed by atoms with van der Waals surface area (Å²) in [5.74, 6) is 1.54. The quantitative estimate of drug-likeness (QED) is 0.735. The van der Waals surface area contributed by atoms with E-state index in [1.54, 1.807) is 0 Å². The summed E-state index contributed by atoms with van der Waals surface area (Å²) in [6.45, 7) is 3.90. The number of rotatable bonds is 4. The molecule has 1 atom stereocenters. The van der Waals surface area contributed by atoms with Crippen LogP contribution in [0.5, 0.6) is 0 Å². The van der Waals surface area contributed by atoms with E-state index in [1.807, 2.05) is 29.2 Å². The third-order valence-electron chi connectivity index (χ3n) is 3.83. The number of carbonyl (C=O) groups is 1. The predicted octanol–water partition coefficient (Wildman–Crippen LogP) is 3.85. The lowest BCUT2D eigenvalue weighted by Gasteiger charge is -2.30. The number of hydrogen-bond acceptors (Lipinski definition) is 5. The first-order chi connectivity index (χ1) is 11.1. The predicted molar refractivity (Wildman–Crippen MR) is 93.1 cm³/mol. The summed E-state index contributed by atoms with van der Waals surface area (Å²) in [4.78, 5) is 14.2. The Morgan fingerprint density at radius 3 is 2.91 bits per heavy atom. The Morgan fingerprint density at radius 1 is 1.39 bits per heavy atom. The van der Waals surface area contributed by atoms with Crippen LogP contribution in [0.15, 0.2) is 38.4 Å². The number of thioether (sulfide) groups is 1. The number of aromatic nitrogens is 2. The highest BCUT2D eigenvalue weighted by molar-refractivity contribution is 9.10. The van der Waals surface area contributed by atoms with Crippen molar-refractivity contribution in [2.24, 2.45) is 5.92 Å². The lowest BCUT2D eigenvalue weighted by molar-refractivity contribution is -0.130. The van der Waals surface area contributed by atoms with Crippen LogP contribution in [-0.2, 0) is 4.79 Å². The van der Waals surface area contributed by atoms with Crippen molar-refractivity contribution in [2.75, 3.05) is 18.8 Å². The van der Waals surface area contributed by atoms with Gasteiger partial charge in [0.05, 0.1) is 5.75 Å². The van der Waals surface area contributed by atoms with Crippen molar-refractivity contribution in [3.63, 3.8) is 0 Å². The van der Waals surface area contributed by atoms with E-state index in [4.69, 9.17) is 4.42 Å². The lowest BCUT2D eigenvalue weighted by atomic mass is 10.0. The topological polar surface area (TPSA) is 59.2 Å². The molecule has 0 saturated carbocycles. The van der Waals surface area contributed by atoms with Crippen molar-refractivity contribution in [3.8, 4) is 11.5 Å². The van der Waals surface area contributed by atoms with Crippen LogP contribution in [-0.4, -0.2) is 39.8 Å². The second kappa shape index (κ2) is 7.49. The van der Waals surface area contributed by atoms with Crippen molar-refractivity contribution >= 4 is 33.6 Å². The van der Waals surface area contributed by atoms with Gasteiger partial charge in [0.25, 0.3) is 5.22 Å².